The van der Waals surface area contributed by atoms with E-state index in [1.165, 1.54) is 18.1 Å². The molecule has 1 saturated heterocycles. The summed E-state index contributed by atoms with van der Waals surface area (Å²) in [6, 6.07) is 0. The van der Waals surface area contributed by atoms with Gasteiger partial charge in [0.25, 0.3) is 5.56 Å². The Hall–Kier alpha value is -2.91. The number of imidazole rings is 1. The maximum absolute atomic E-state index is 13.4. The number of anilines is 1. The third-order valence-corrected chi connectivity index (χ3v) is 5.77. The number of methoxy groups -OCH3 is 1. The van der Waals surface area contributed by atoms with Crippen LogP contribution >= 0.6 is 11.8 Å². The molecule has 0 aliphatic carbocycles. The molecule has 0 aromatic carbocycles. The standard InChI is InChI=1S/C21H25N5O3S/c1-4-6-13-25-17-18(22-20(25)24-11-9-8-10-12-24)23-21(30-15-16(27)29-3)26(19(17)28)14-7-5-2/h8-15H2,1-3H3. The number of fused-ring (bicyclic) bond motifs is 1. The molecule has 0 atom stereocenters. The fourth-order valence-corrected chi connectivity index (χ4v) is 4.14. The number of carbonyl (C=O) groups excluding carboxylic acids is 1. The highest BCUT2D eigenvalue weighted by Gasteiger charge is 2.24. The monoisotopic (exact) mass is 427 g/mol. The lowest BCUT2D eigenvalue weighted by Gasteiger charge is -2.27. The van der Waals surface area contributed by atoms with Gasteiger partial charge in [0.05, 0.1) is 26.0 Å². The Morgan fingerprint density at radius 2 is 1.73 bits per heavy atom. The number of carbonyl (C=O) groups is 1. The molecule has 9 heteroatoms. The van der Waals surface area contributed by atoms with Crippen LogP contribution in [0.5, 0.6) is 0 Å². The zero-order valence-corrected chi connectivity index (χ0v) is 18.3. The normalized spacial score (nSPS) is 13.4. The first kappa shape index (κ1) is 21.8. The molecule has 0 N–H and O–H groups in total. The van der Waals surface area contributed by atoms with Crippen molar-refractivity contribution in [3.8, 4) is 23.7 Å². The summed E-state index contributed by atoms with van der Waals surface area (Å²) < 4.78 is 8.06. The summed E-state index contributed by atoms with van der Waals surface area (Å²) in [7, 11) is 1.33. The second-order valence-corrected chi connectivity index (χ2v) is 7.66. The van der Waals surface area contributed by atoms with Gasteiger partial charge in [-0.15, -0.1) is 11.8 Å². The van der Waals surface area contributed by atoms with Gasteiger partial charge in [-0.2, -0.15) is 4.98 Å². The Balaban J connectivity index is 2.17. The molecule has 1 aliphatic heterocycles. The lowest BCUT2D eigenvalue weighted by Crippen LogP contribution is -2.32. The first-order valence-corrected chi connectivity index (χ1v) is 10.8. The zero-order valence-electron chi connectivity index (χ0n) is 17.5. The van der Waals surface area contributed by atoms with Crippen molar-refractivity contribution in [1.82, 2.24) is 19.1 Å². The predicted octanol–water partition coefficient (Wildman–Crippen LogP) is 1.90. The maximum atomic E-state index is 13.4. The predicted molar refractivity (Wildman–Crippen MR) is 117 cm³/mol. The quantitative estimate of drug-likeness (QED) is 0.301. The lowest BCUT2D eigenvalue weighted by molar-refractivity contribution is -0.137. The fraction of sp³-hybridized carbons (Fsp3) is 0.524. The summed E-state index contributed by atoms with van der Waals surface area (Å²) in [4.78, 5) is 36.6. The first-order valence-electron chi connectivity index (χ1n) is 9.85. The molecule has 2 aromatic rings. The molecule has 0 amide bonds. The van der Waals surface area contributed by atoms with Crippen molar-refractivity contribution >= 4 is 34.8 Å². The molecule has 1 fully saturated rings. The van der Waals surface area contributed by atoms with Gasteiger partial charge in [-0.3, -0.25) is 18.7 Å². The highest BCUT2D eigenvalue weighted by atomic mass is 32.2. The number of esters is 1. The topological polar surface area (TPSA) is 82.2 Å². The van der Waals surface area contributed by atoms with E-state index in [2.05, 4.69) is 33.6 Å². The number of ether oxygens (including phenoxy) is 1. The highest BCUT2D eigenvalue weighted by molar-refractivity contribution is 7.99. The average molecular weight is 428 g/mol. The van der Waals surface area contributed by atoms with Crippen LogP contribution in [-0.4, -0.2) is 51.0 Å². The summed E-state index contributed by atoms with van der Waals surface area (Å²) in [5, 5.41) is 0.400. The van der Waals surface area contributed by atoms with Crippen LogP contribution in [0.4, 0.5) is 5.95 Å². The minimum absolute atomic E-state index is 0.0506. The summed E-state index contributed by atoms with van der Waals surface area (Å²) in [5.41, 5.74) is 0.550. The van der Waals surface area contributed by atoms with Crippen LogP contribution in [0.25, 0.3) is 11.2 Å². The van der Waals surface area contributed by atoms with Gasteiger partial charge in [0.15, 0.2) is 16.3 Å². The van der Waals surface area contributed by atoms with Crippen molar-refractivity contribution in [1.29, 1.82) is 0 Å². The minimum atomic E-state index is -0.389. The molecule has 0 saturated carbocycles. The molecule has 1 aliphatic rings. The van der Waals surface area contributed by atoms with E-state index < -0.39 is 0 Å². The number of hydrogen-bond acceptors (Lipinski definition) is 7. The van der Waals surface area contributed by atoms with Crippen molar-refractivity contribution in [2.75, 3.05) is 30.9 Å². The maximum Gasteiger partial charge on any atom is 0.316 e. The molecular weight excluding hydrogens is 402 g/mol. The highest BCUT2D eigenvalue weighted by Crippen LogP contribution is 2.25. The SMILES string of the molecule is CC#CCn1c(SCC(=O)OC)nc2nc(N3CCCCC3)n(CC#CC)c2c1=O. The lowest BCUT2D eigenvalue weighted by atomic mass is 10.1. The zero-order chi connectivity index (χ0) is 21.5. The van der Waals surface area contributed by atoms with E-state index in [4.69, 9.17) is 9.72 Å². The fourth-order valence-electron chi connectivity index (χ4n) is 3.32. The molecule has 2 aromatic heterocycles. The van der Waals surface area contributed by atoms with Gasteiger partial charge in [-0.1, -0.05) is 23.6 Å². The Kier molecular flexibility index (Phi) is 7.42. The van der Waals surface area contributed by atoms with Gasteiger partial charge in [-0.25, -0.2) is 4.98 Å². The van der Waals surface area contributed by atoms with Crippen molar-refractivity contribution in [2.45, 2.75) is 51.4 Å². The molecule has 0 radical (unpaired) electrons. The molecule has 0 unspecified atom stereocenters. The first-order chi connectivity index (χ1) is 14.6. The number of rotatable bonds is 6. The minimum Gasteiger partial charge on any atom is -0.468 e. The second kappa shape index (κ2) is 10.2. The van der Waals surface area contributed by atoms with Gasteiger partial charge in [0.1, 0.15) is 0 Å². The van der Waals surface area contributed by atoms with E-state index in [0.29, 0.717) is 22.9 Å². The van der Waals surface area contributed by atoms with Gasteiger partial charge in [-0.05, 0) is 33.1 Å². The van der Waals surface area contributed by atoms with Crippen molar-refractivity contribution in [3.63, 3.8) is 0 Å². The molecule has 3 heterocycles. The van der Waals surface area contributed by atoms with Crippen LogP contribution in [0.3, 0.4) is 0 Å². The van der Waals surface area contributed by atoms with Gasteiger partial charge < -0.3 is 9.64 Å². The number of thioether (sulfide) groups is 1. The van der Waals surface area contributed by atoms with E-state index in [0.717, 1.165) is 43.6 Å². The molecule has 0 spiro atoms. The molecule has 0 bridgehead atoms. The van der Waals surface area contributed by atoms with Crippen LogP contribution in [0.15, 0.2) is 9.95 Å². The van der Waals surface area contributed by atoms with Crippen LogP contribution in [-0.2, 0) is 22.6 Å². The Morgan fingerprint density at radius 3 is 2.37 bits per heavy atom. The molecule has 3 rings (SSSR count). The van der Waals surface area contributed by atoms with E-state index >= 15 is 0 Å². The van der Waals surface area contributed by atoms with E-state index in [1.54, 1.807) is 13.8 Å². The van der Waals surface area contributed by atoms with Crippen LogP contribution in [0.2, 0.25) is 0 Å². The average Bonchev–Trinajstić information content (AvgIpc) is 3.14. The summed E-state index contributed by atoms with van der Waals surface area (Å²) in [6.45, 7) is 5.82. The van der Waals surface area contributed by atoms with Crippen molar-refractivity contribution in [2.24, 2.45) is 0 Å². The van der Waals surface area contributed by atoms with Crippen molar-refractivity contribution < 1.29 is 9.53 Å². The number of hydrogen-bond donors (Lipinski definition) is 0. The van der Waals surface area contributed by atoms with Crippen LogP contribution < -0.4 is 10.5 Å². The van der Waals surface area contributed by atoms with E-state index in [-0.39, 0.29) is 23.8 Å². The number of nitrogens with zero attached hydrogens (tertiary/aromatic N) is 5. The second-order valence-electron chi connectivity index (χ2n) is 6.72. The smallest absolute Gasteiger partial charge is 0.316 e. The molecule has 8 nitrogen and oxygen atoms in total. The van der Waals surface area contributed by atoms with E-state index in [1.807, 2.05) is 4.57 Å². The Morgan fingerprint density at radius 1 is 1.07 bits per heavy atom. The largest absolute Gasteiger partial charge is 0.468 e. The van der Waals surface area contributed by atoms with Crippen LogP contribution in [0.1, 0.15) is 33.1 Å². The number of aromatic nitrogens is 4. The van der Waals surface area contributed by atoms with Crippen LogP contribution in [0, 0.1) is 23.7 Å². The third-order valence-electron chi connectivity index (χ3n) is 4.82. The van der Waals surface area contributed by atoms with Gasteiger partial charge in [0, 0.05) is 13.1 Å². The summed E-state index contributed by atoms with van der Waals surface area (Å²) >= 11 is 1.15. The molecule has 158 valence electrons. The van der Waals surface area contributed by atoms with Gasteiger partial charge in [0.2, 0.25) is 5.95 Å². The summed E-state index contributed by atoms with van der Waals surface area (Å²) in [5.74, 6) is 12.1. The van der Waals surface area contributed by atoms with Gasteiger partial charge >= 0.3 is 5.97 Å². The number of piperidine rings is 1. The molecular formula is C21H25N5O3S. The Bertz CT molecular complexity index is 1110. The third kappa shape index (κ3) is 4.63. The summed E-state index contributed by atoms with van der Waals surface area (Å²) in [6.07, 6.45) is 3.37. The van der Waals surface area contributed by atoms with E-state index in [9.17, 15) is 9.59 Å². The van der Waals surface area contributed by atoms with Crippen molar-refractivity contribution in [3.05, 3.63) is 10.4 Å². The Labute approximate surface area is 180 Å². The molecule has 30 heavy (non-hydrogen) atoms.